The molecule has 2 saturated heterocycles. The number of anilines is 4. The van der Waals surface area contributed by atoms with Gasteiger partial charge in [0.1, 0.15) is 24.4 Å². The number of hydrogen-bond donors (Lipinski definition) is 8. The number of urea groups is 1. The first-order valence-corrected chi connectivity index (χ1v) is 31.6. The molecule has 90 heavy (non-hydrogen) atoms. The average Bonchev–Trinajstić information content (AvgIpc) is 1.68. The van der Waals surface area contributed by atoms with Gasteiger partial charge in [0.05, 0.1) is 49.2 Å². The first kappa shape index (κ1) is 58.4. The molecule has 0 radical (unpaired) electrons. The van der Waals surface area contributed by atoms with Crippen LogP contribution in [-0.2, 0) is 12.8 Å². The van der Waals surface area contributed by atoms with Crippen LogP contribution >= 0.6 is 0 Å². The summed E-state index contributed by atoms with van der Waals surface area (Å²) in [6.45, 7) is 7.12. The Morgan fingerprint density at radius 1 is 0.511 bits per heavy atom. The molecular weight excluding hydrogens is 1140 g/mol. The molecule has 10 atom stereocenters. The SMILES string of the molecule is CCc1cnn([C@H]2C[C@@H](n3cnc4c(NCC(c5ccccc5)c5ccccc5)nc(N5CC[C@@H](NC(=O)N[C@@H]6CCN(c7nc(NCC(c8ccccc8)c8ccccc8)c8ncn([C@@H]9C[C@H](n%10cc(CC)cn%10)[C@@H](O)[C@H]9O)c8n7)C6)C5)nc43)[C@H](O)[C@@H]2O)c1. The van der Waals surface area contributed by atoms with Crippen LogP contribution < -0.4 is 31.1 Å². The molecular formula is C67H76N18O5. The quantitative estimate of drug-likeness (QED) is 0.0384. The van der Waals surface area contributed by atoms with Crippen molar-refractivity contribution >= 4 is 51.9 Å². The highest BCUT2D eigenvalue weighted by Crippen LogP contribution is 2.43. The molecule has 23 nitrogen and oxygen atoms in total. The standard InChI is InChI=1S/C67H76N18O5/c1-3-41-31-72-84(35-41)53-29-51(57(86)59(53)88)82-39-70-55-61(68-33-49(43-17-9-5-10-18-43)44-19-11-6-12-20-44)76-65(78-63(55)82)80-27-25-47(37-80)74-67(90)75-48-26-28-81(38-48)66-77-62(69-34-50(45-21-13-7-14-22-45)46-23-15-8-16-24-46)56-64(79-66)83(40-71-56)52-30-54(60(89)58(52)87)85-36-42(4-2)32-73-85/h5-24,31-32,35-36,39-40,47-54,57-60,86-89H,3-4,25-30,33-34,37-38H2,1-2H3,(H,68,76,78)(H,69,77,79)(H2,74,75,90)/t47-,48-,51-,52-,53+,54+,57+,58+,59-,60-/m1/s1. The van der Waals surface area contributed by atoms with Gasteiger partial charge in [-0.15, -0.1) is 0 Å². The van der Waals surface area contributed by atoms with Gasteiger partial charge in [0.15, 0.2) is 34.0 Å². The number of aromatic nitrogens is 12. The zero-order valence-corrected chi connectivity index (χ0v) is 50.4. The predicted molar refractivity (Wildman–Crippen MR) is 343 cm³/mol. The monoisotopic (exact) mass is 1210 g/mol. The number of imidazole rings is 2. The molecule has 6 aromatic heterocycles. The maximum absolute atomic E-state index is 14.1. The minimum absolute atomic E-state index is 0.0219. The maximum atomic E-state index is 14.1. The van der Waals surface area contributed by atoms with E-state index in [-0.39, 0.29) is 30.0 Å². The van der Waals surface area contributed by atoms with Crippen LogP contribution in [0.4, 0.5) is 28.3 Å². The summed E-state index contributed by atoms with van der Waals surface area (Å²) in [5.74, 6) is 1.93. The minimum atomic E-state index is -1.12. The zero-order valence-electron chi connectivity index (χ0n) is 50.4. The Balaban J connectivity index is 0.697. The second kappa shape index (κ2) is 25.3. The fraction of sp³-hybridized carbons (Fsp3) is 0.388. The maximum Gasteiger partial charge on any atom is 0.315 e. The summed E-state index contributed by atoms with van der Waals surface area (Å²) in [4.78, 5) is 48.7. The summed E-state index contributed by atoms with van der Waals surface area (Å²) in [6.07, 6.45) is 10.1. The van der Waals surface area contributed by atoms with Crippen molar-refractivity contribution in [2.45, 2.75) is 125 Å². The van der Waals surface area contributed by atoms with E-state index in [4.69, 9.17) is 29.9 Å². The Kier molecular flexibility index (Phi) is 16.4. The lowest BCUT2D eigenvalue weighted by Crippen LogP contribution is -2.48. The molecule has 2 aliphatic carbocycles. The van der Waals surface area contributed by atoms with Crippen LogP contribution in [0.3, 0.4) is 0 Å². The van der Waals surface area contributed by atoms with Crippen LogP contribution in [0.1, 0.15) is 109 Å². The number of benzene rings is 4. The lowest BCUT2D eigenvalue weighted by atomic mass is 9.91. The van der Waals surface area contributed by atoms with Crippen molar-refractivity contribution in [3.63, 3.8) is 0 Å². The van der Waals surface area contributed by atoms with Crippen molar-refractivity contribution in [1.29, 1.82) is 0 Å². The summed E-state index contributed by atoms with van der Waals surface area (Å²) < 4.78 is 7.26. The third-order valence-electron chi connectivity index (χ3n) is 19.0. The van der Waals surface area contributed by atoms with Crippen LogP contribution in [0.2, 0.25) is 0 Å². The topological polar surface area (TPSA) is 275 Å². The van der Waals surface area contributed by atoms with Gasteiger partial charge in [-0.05, 0) is 71.9 Å². The number of hydrogen-bond acceptors (Lipinski definition) is 17. The molecule has 0 spiro atoms. The van der Waals surface area contributed by atoms with Gasteiger partial charge in [0.2, 0.25) is 11.9 Å². The number of carbonyl (C=O) groups is 1. The number of fused-ring (bicyclic) bond motifs is 2. The Morgan fingerprint density at radius 2 is 0.878 bits per heavy atom. The molecule has 14 rings (SSSR count). The highest BCUT2D eigenvalue weighted by Gasteiger charge is 2.46. The van der Waals surface area contributed by atoms with E-state index in [1.54, 1.807) is 34.4 Å². The van der Waals surface area contributed by atoms with E-state index in [0.717, 1.165) is 46.2 Å². The molecule has 2 saturated carbocycles. The van der Waals surface area contributed by atoms with Gasteiger partial charge in [-0.2, -0.15) is 30.1 Å². The number of aryl methyl sites for hydroxylation is 2. The van der Waals surface area contributed by atoms with E-state index < -0.39 is 48.6 Å². The van der Waals surface area contributed by atoms with Gasteiger partial charge in [-0.25, -0.2) is 14.8 Å². The highest BCUT2D eigenvalue weighted by molar-refractivity contribution is 5.86. The smallest absolute Gasteiger partial charge is 0.315 e. The Morgan fingerprint density at radius 3 is 1.23 bits per heavy atom. The number of aliphatic hydroxyl groups excluding tert-OH is 4. The minimum Gasteiger partial charge on any atom is -0.388 e. The van der Waals surface area contributed by atoms with Gasteiger partial charge in [-0.3, -0.25) is 9.36 Å². The third-order valence-corrected chi connectivity index (χ3v) is 19.0. The Labute approximate surface area is 520 Å². The van der Waals surface area contributed by atoms with E-state index in [1.807, 2.05) is 94.3 Å². The molecule has 4 aromatic carbocycles. The van der Waals surface area contributed by atoms with Crippen molar-refractivity contribution in [2.75, 3.05) is 59.7 Å². The molecule has 2 amide bonds. The highest BCUT2D eigenvalue weighted by atomic mass is 16.3. The lowest BCUT2D eigenvalue weighted by molar-refractivity contribution is 0.00721. The second-order valence-corrected chi connectivity index (χ2v) is 24.5. The molecule has 8 heterocycles. The van der Waals surface area contributed by atoms with Crippen LogP contribution in [0, 0.1) is 0 Å². The van der Waals surface area contributed by atoms with Gasteiger partial charge in [-0.1, -0.05) is 135 Å². The number of nitrogens with zero attached hydrogens (tertiary/aromatic N) is 14. The first-order chi connectivity index (χ1) is 44.0. The molecule has 0 bridgehead atoms. The zero-order chi connectivity index (χ0) is 61.4. The van der Waals surface area contributed by atoms with Gasteiger partial charge >= 0.3 is 6.03 Å². The van der Waals surface area contributed by atoms with Crippen molar-refractivity contribution in [3.8, 4) is 0 Å². The Hall–Kier alpha value is -9.29. The van der Waals surface area contributed by atoms with Crippen molar-refractivity contribution in [2.24, 2.45) is 0 Å². The van der Waals surface area contributed by atoms with Crippen LogP contribution in [0.5, 0.6) is 0 Å². The molecule has 10 aromatic rings. The summed E-state index contributed by atoms with van der Waals surface area (Å²) >= 11 is 0. The summed E-state index contributed by atoms with van der Waals surface area (Å²) in [5.41, 5.74) is 8.77. The summed E-state index contributed by atoms with van der Waals surface area (Å²) in [7, 11) is 0. The van der Waals surface area contributed by atoms with E-state index in [1.165, 1.54) is 0 Å². The predicted octanol–water partition coefficient (Wildman–Crippen LogP) is 6.94. The number of rotatable bonds is 20. The van der Waals surface area contributed by atoms with Crippen molar-refractivity contribution in [3.05, 3.63) is 192 Å². The Bertz CT molecular complexity index is 3730. The van der Waals surface area contributed by atoms with Crippen molar-refractivity contribution in [1.82, 2.24) is 69.2 Å². The largest absolute Gasteiger partial charge is 0.388 e. The third kappa shape index (κ3) is 11.6. The van der Waals surface area contributed by atoms with E-state index in [0.29, 0.717) is 111 Å². The molecule has 23 heteroatoms. The van der Waals surface area contributed by atoms with E-state index >= 15 is 0 Å². The molecule has 2 aliphatic heterocycles. The normalized spacial score (nSPS) is 23.5. The molecule has 8 N–H and O–H groups in total. The molecule has 4 fully saturated rings. The summed E-state index contributed by atoms with van der Waals surface area (Å²) in [6, 6.07) is 38.7. The van der Waals surface area contributed by atoms with Crippen LogP contribution in [0.25, 0.3) is 22.3 Å². The van der Waals surface area contributed by atoms with Gasteiger partial charge in [0.25, 0.3) is 0 Å². The number of amides is 2. The van der Waals surface area contributed by atoms with E-state index in [2.05, 4.69) is 104 Å². The van der Waals surface area contributed by atoms with E-state index in [9.17, 15) is 25.2 Å². The fourth-order valence-corrected chi connectivity index (χ4v) is 13.9. The number of aliphatic hydroxyl groups is 4. The fourth-order valence-electron chi connectivity index (χ4n) is 13.9. The van der Waals surface area contributed by atoms with Gasteiger partial charge in [0, 0.05) is 75.6 Å². The average molecular weight is 1210 g/mol. The number of carbonyl (C=O) groups excluding carboxylic acids is 1. The van der Waals surface area contributed by atoms with Crippen LogP contribution in [0.15, 0.2) is 159 Å². The molecule has 4 aliphatic rings. The second-order valence-electron chi connectivity index (χ2n) is 24.5. The van der Waals surface area contributed by atoms with Crippen molar-refractivity contribution < 1.29 is 25.2 Å². The molecule has 0 unspecified atom stereocenters. The van der Waals surface area contributed by atoms with Gasteiger partial charge < -0.3 is 60.6 Å². The summed E-state index contributed by atoms with van der Waals surface area (Å²) in [5, 5.41) is 69.4. The lowest BCUT2D eigenvalue weighted by Gasteiger charge is -2.23. The van der Waals surface area contributed by atoms with Crippen LogP contribution in [-0.4, -0.2) is 161 Å². The number of nitrogens with one attached hydrogen (secondary N) is 4. The molecule has 464 valence electrons. The first-order valence-electron chi connectivity index (χ1n) is 31.6.